The molecule has 2 N–H and O–H groups in total. The highest BCUT2D eigenvalue weighted by molar-refractivity contribution is 6.05. The van der Waals surface area contributed by atoms with Crippen LogP contribution in [0.4, 0.5) is 0 Å². The van der Waals surface area contributed by atoms with E-state index >= 15 is 0 Å². The summed E-state index contributed by atoms with van der Waals surface area (Å²) in [6, 6.07) is 7.21. The standard InChI is InChI=1S/C22H29N3O4/c1-22(2,3)15-10-8-14(9-11-15)19(27)24-23-18(26)12-13-25-20(28)16-6-4-5-7-17(16)21(25)29/h8-11,16-17H,4-7,12-13H2,1-3H3,(H,23,26)(H,24,27)/t16-,17+. The minimum atomic E-state index is -0.444. The van der Waals surface area contributed by atoms with E-state index in [2.05, 4.69) is 31.6 Å². The lowest BCUT2D eigenvalue weighted by Gasteiger charge is -2.19. The number of amides is 4. The molecule has 2 aliphatic rings. The average molecular weight is 399 g/mol. The molecule has 7 nitrogen and oxygen atoms in total. The molecule has 2 fully saturated rings. The molecule has 0 unspecified atom stereocenters. The van der Waals surface area contributed by atoms with E-state index < -0.39 is 11.8 Å². The van der Waals surface area contributed by atoms with Gasteiger partial charge in [0.05, 0.1) is 11.8 Å². The van der Waals surface area contributed by atoms with Crippen LogP contribution in [0.15, 0.2) is 24.3 Å². The molecular weight excluding hydrogens is 370 g/mol. The second-order valence-corrected chi connectivity index (χ2v) is 8.91. The number of carbonyl (C=O) groups excluding carboxylic acids is 4. The summed E-state index contributed by atoms with van der Waals surface area (Å²) >= 11 is 0. The van der Waals surface area contributed by atoms with Gasteiger partial charge in [-0.25, -0.2) is 0 Å². The van der Waals surface area contributed by atoms with Crippen molar-refractivity contribution in [1.29, 1.82) is 0 Å². The monoisotopic (exact) mass is 399 g/mol. The molecule has 0 aromatic heterocycles. The van der Waals surface area contributed by atoms with Gasteiger partial charge in [-0.1, -0.05) is 45.7 Å². The smallest absolute Gasteiger partial charge is 0.269 e. The van der Waals surface area contributed by atoms with E-state index in [1.54, 1.807) is 12.1 Å². The maximum Gasteiger partial charge on any atom is 0.269 e. The lowest BCUT2D eigenvalue weighted by Crippen LogP contribution is -2.43. The SMILES string of the molecule is CC(C)(C)c1ccc(C(=O)NNC(=O)CCN2C(=O)[C@H]3CCCC[C@H]3C2=O)cc1. The molecule has 0 radical (unpaired) electrons. The third kappa shape index (κ3) is 4.66. The van der Waals surface area contributed by atoms with Crippen molar-refractivity contribution in [3.63, 3.8) is 0 Å². The van der Waals surface area contributed by atoms with Gasteiger partial charge in [-0.05, 0) is 36.0 Å². The Bertz CT molecular complexity index is 786. The number of imide groups is 1. The predicted molar refractivity (Wildman–Crippen MR) is 108 cm³/mol. The zero-order valence-corrected chi connectivity index (χ0v) is 17.3. The van der Waals surface area contributed by atoms with Crippen LogP contribution >= 0.6 is 0 Å². The van der Waals surface area contributed by atoms with Crippen LogP contribution in [0.3, 0.4) is 0 Å². The first-order chi connectivity index (χ1) is 13.7. The van der Waals surface area contributed by atoms with Gasteiger partial charge in [-0.3, -0.25) is 34.9 Å². The molecule has 156 valence electrons. The molecule has 2 atom stereocenters. The van der Waals surface area contributed by atoms with Crippen LogP contribution < -0.4 is 10.9 Å². The summed E-state index contributed by atoms with van der Waals surface area (Å²) in [5, 5.41) is 0. The first kappa shape index (κ1) is 21.0. The normalized spacial score (nSPS) is 21.7. The van der Waals surface area contributed by atoms with Gasteiger partial charge in [0.15, 0.2) is 0 Å². The number of fused-ring (bicyclic) bond motifs is 1. The van der Waals surface area contributed by atoms with Crippen LogP contribution in [0.25, 0.3) is 0 Å². The zero-order valence-electron chi connectivity index (χ0n) is 17.3. The molecule has 1 aliphatic carbocycles. The molecule has 3 rings (SSSR count). The van der Waals surface area contributed by atoms with Gasteiger partial charge in [-0.15, -0.1) is 0 Å². The van der Waals surface area contributed by atoms with Crippen LogP contribution in [0.1, 0.15) is 68.8 Å². The molecule has 0 bridgehead atoms. The fourth-order valence-corrected chi connectivity index (χ4v) is 4.05. The number of rotatable bonds is 4. The van der Waals surface area contributed by atoms with Gasteiger partial charge in [0.1, 0.15) is 0 Å². The molecule has 1 saturated carbocycles. The van der Waals surface area contributed by atoms with Crippen molar-refractivity contribution in [2.45, 2.75) is 58.3 Å². The minimum absolute atomic E-state index is 0.00876. The number of benzene rings is 1. The van der Waals surface area contributed by atoms with Gasteiger partial charge < -0.3 is 0 Å². The minimum Gasteiger partial charge on any atom is -0.282 e. The van der Waals surface area contributed by atoms with Crippen molar-refractivity contribution in [3.05, 3.63) is 35.4 Å². The number of nitrogens with one attached hydrogen (secondary N) is 2. The van der Waals surface area contributed by atoms with E-state index in [4.69, 9.17) is 0 Å². The summed E-state index contributed by atoms with van der Waals surface area (Å²) in [6.07, 6.45) is 3.40. The number of hydrazine groups is 1. The Labute approximate surface area is 171 Å². The Morgan fingerprint density at radius 3 is 2.03 bits per heavy atom. The van der Waals surface area contributed by atoms with E-state index in [-0.39, 0.29) is 42.0 Å². The van der Waals surface area contributed by atoms with Gasteiger partial charge in [0.2, 0.25) is 17.7 Å². The van der Waals surface area contributed by atoms with Crippen molar-refractivity contribution in [2.75, 3.05) is 6.54 Å². The highest BCUT2D eigenvalue weighted by Crippen LogP contribution is 2.37. The number of carbonyl (C=O) groups is 4. The Morgan fingerprint density at radius 1 is 0.966 bits per heavy atom. The summed E-state index contributed by atoms with van der Waals surface area (Å²) in [4.78, 5) is 50.3. The Balaban J connectivity index is 1.47. The third-order valence-electron chi connectivity index (χ3n) is 5.82. The predicted octanol–water partition coefficient (Wildman–Crippen LogP) is 2.31. The molecule has 29 heavy (non-hydrogen) atoms. The fourth-order valence-electron chi connectivity index (χ4n) is 4.05. The average Bonchev–Trinajstić information content (AvgIpc) is 2.94. The highest BCUT2D eigenvalue weighted by Gasteiger charge is 2.47. The van der Waals surface area contributed by atoms with E-state index in [9.17, 15) is 19.2 Å². The molecule has 0 spiro atoms. The Kier molecular flexibility index (Phi) is 6.05. The van der Waals surface area contributed by atoms with Crippen LogP contribution in [-0.2, 0) is 19.8 Å². The number of nitrogens with zero attached hydrogens (tertiary/aromatic N) is 1. The second kappa shape index (κ2) is 8.35. The molecule has 1 aromatic rings. The van der Waals surface area contributed by atoms with Crippen LogP contribution in [0.2, 0.25) is 0 Å². The first-order valence-corrected chi connectivity index (χ1v) is 10.2. The van der Waals surface area contributed by atoms with Crippen molar-refractivity contribution < 1.29 is 19.2 Å². The number of hydrogen-bond donors (Lipinski definition) is 2. The van der Waals surface area contributed by atoms with Gasteiger partial charge >= 0.3 is 0 Å². The molecule has 7 heteroatoms. The van der Waals surface area contributed by atoms with Crippen LogP contribution in [0.5, 0.6) is 0 Å². The Hall–Kier alpha value is -2.70. The molecule has 1 aliphatic heterocycles. The lowest BCUT2D eigenvalue weighted by molar-refractivity contribution is -0.140. The maximum absolute atomic E-state index is 12.4. The van der Waals surface area contributed by atoms with Crippen LogP contribution in [0, 0.1) is 11.8 Å². The topological polar surface area (TPSA) is 95.6 Å². The number of likely N-dealkylation sites (tertiary alicyclic amines) is 1. The van der Waals surface area contributed by atoms with Crippen molar-refractivity contribution in [2.24, 2.45) is 11.8 Å². The van der Waals surface area contributed by atoms with Gasteiger partial charge in [0.25, 0.3) is 5.91 Å². The van der Waals surface area contributed by atoms with E-state index in [0.29, 0.717) is 5.56 Å². The fraction of sp³-hybridized carbons (Fsp3) is 0.545. The van der Waals surface area contributed by atoms with Crippen LogP contribution in [-0.4, -0.2) is 35.1 Å². The summed E-state index contributed by atoms with van der Waals surface area (Å²) < 4.78 is 0. The van der Waals surface area contributed by atoms with E-state index in [0.717, 1.165) is 31.2 Å². The molecular formula is C22H29N3O4. The molecule has 1 aromatic carbocycles. The van der Waals surface area contributed by atoms with E-state index in [1.165, 1.54) is 4.90 Å². The Morgan fingerprint density at radius 2 is 1.52 bits per heavy atom. The third-order valence-corrected chi connectivity index (χ3v) is 5.82. The van der Waals surface area contributed by atoms with Crippen molar-refractivity contribution >= 4 is 23.6 Å². The summed E-state index contributed by atoms with van der Waals surface area (Å²) in [5.74, 6) is -1.60. The second-order valence-electron chi connectivity index (χ2n) is 8.91. The maximum atomic E-state index is 12.4. The van der Waals surface area contributed by atoms with Gasteiger partial charge in [-0.2, -0.15) is 0 Å². The first-order valence-electron chi connectivity index (χ1n) is 10.2. The highest BCUT2D eigenvalue weighted by atomic mass is 16.2. The number of hydrogen-bond acceptors (Lipinski definition) is 4. The van der Waals surface area contributed by atoms with Crippen molar-refractivity contribution in [3.8, 4) is 0 Å². The summed E-state index contributed by atoms with van der Waals surface area (Å²) in [7, 11) is 0. The zero-order chi connectivity index (χ0) is 21.2. The summed E-state index contributed by atoms with van der Waals surface area (Å²) in [5.41, 5.74) is 6.27. The van der Waals surface area contributed by atoms with Crippen molar-refractivity contribution in [1.82, 2.24) is 15.8 Å². The van der Waals surface area contributed by atoms with E-state index in [1.807, 2.05) is 12.1 Å². The molecule has 1 saturated heterocycles. The lowest BCUT2D eigenvalue weighted by atomic mass is 9.81. The summed E-state index contributed by atoms with van der Waals surface area (Å²) in [6.45, 7) is 6.32. The largest absolute Gasteiger partial charge is 0.282 e. The quantitative estimate of drug-likeness (QED) is 0.600. The molecule has 1 heterocycles. The molecule has 4 amide bonds. The van der Waals surface area contributed by atoms with Gasteiger partial charge in [0, 0.05) is 18.5 Å².